The van der Waals surface area contributed by atoms with Crippen LogP contribution in [0.5, 0.6) is 0 Å². The Balaban J connectivity index is 1.22. The van der Waals surface area contributed by atoms with Gasteiger partial charge in [-0.2, -0.15) is 0 Å². The van der Waals surface area contributed by atoms with Crippen molar-refractivity contribution >= 4 is 50.0 Å². The lowest BCUT2D eigenvalue weighted by atomic mass is 9.82. The van der Waals surface area contributed by atoms with Crippen molar-refractivity contribution in [2.45, 2.75) is 59.4 Å². The molecule has 0 saturated heterocycles. The van der Waals surface area contributed by atoms with E-state index in [-0.39, 0.29) is 16.9 Å². The zero-order valence-corrected chi connectivity index (χ0v) is 42.4. The largest absolute Gasteiger partial charge is 0.334 e. The Morgan fingerprint density at radius 3 is 1.26 bits per heavy atom. The fourth-order valence-corrected chi connectivity index (χ4v) is 10.7. The van der Waals surface area contributed by atoms with Crippen molar-refractivity contribution in [3.8, 4) is 44.5 Å². The van der Waals surface area contributed by atoms with Crippen LogP contribution in [0, 0.1) is 5.41 Å². The minimum atomic E-state index is 0.0372. The summed E-state index contributed by atoms with van der Waals surface area (Å²) in [5.41, 5.74) is 18.0. The zero-order chi connectivity index (χ0) is 49.4. The Morgan fingerprint density at radius 1 is 0.347 bits per heavy atom. The highest BCUT2D eigenvalue weighted by Crippen LogP contribution is 2.49. The molecule has 0 N–H and O–H groups in total. The van der Waals surface area contributed by atoms with Crippen molar-refractivity contribution in [1.29, 1.82) is 0 Å². The van der Waals surface area contributed by atoms with Gasteiger partial charge in [-0.05, 0) is 167 Å². The highest BCUT2D eigenvalue weighted by molar-refractivity contribution is 6.23. The van der Waals surface area contributed by atoms with E-state index in [1.54, 1.807) is 0 Å². The number of fused-ring (bicyclic) bond motifs is 2. The smallest absolute Gasteiger partial charge is 0.0560 e. The van der Waals surface area contributed by atoms with Crippen LogP contribution >= 0.6 is 0 Å². The molecule has 0 fully saturated rings. The highest BCUT2D eigenvalue weighted by atomic mass is 15.2. The number of para-hydroxylation sites is 2. The SMILES string of the molecule is CC(C)(C)C1=CCC(N(c2ccccc2)c2ccc3c(-c4cccc(-c5ccccc5)c4)c4cc(N(c5ccccc5)c5ccc(C(C)(C)C)cc5)ccc4c(-c4cccc(-c5ccccc5)c4)c3c2)C=C1. The summed E-state index contributed by atoms with van der Waals surface area (Å²) in [4.78, 5) is 4.95. The molecule has 1 unspecified atom stereocenters. The van der Waals surface area contributed by atoms with Crippen LogP contribution < -0.4 is 9.80 Å². The first-order chi connectivity index (χ1) is 35.0. The van der Waals surface area contributed by atoms with Crippen LogP contribution in [0.1, 0.15) is 53.5 Å². The molecule has 0 saturated carbocycles. The van der Waals surface area contributed by atoms with Crippen LogP contribution in [0.4, 0.5) is 28.4 Å². The standard InChI is InChI=1S/C70H62N2/c1-69(2,3)55-33-37-59(38-34-55)71(57-29-15-9-16-30-57)61-41-43-63-65(47-61)67(53-27-19-25-51(45-53)49-21-11-7-12-22-49)64-44-42-62(48-66(64)68(63)54-28-20-26-52(46-54)50-23-13-8-14-24-50)72(58-31-17-10-18-32-58)60-39-35-56(36-40-60)70(4,5)6/h7-39,41-48,60H,40H2,1-6H3. The lowest BCUT2D eigenvalue weighted by molar-refractivity contribution is 0.510. The lowest BCUT2D eigenvalue weighted by Gasteiger charge is -2.35. The van der Waals surface area contributed by atoms with Crippen molar-refractivity contribution in [3.05, 3.63) is 260 Å². The minimum Gasteiger partial charge on any atom is -0.334 e. The molecule has 2 heteroatoms. The van der Waals surface area contributed by atoms with E-state index in [9.17, 15) is 0 Å². The van der Waals surface area contributed by atoms with Crippen molar-refractivity contribution < 1.29 is 0 Å². The van der Waals surface area contributed by atoms with Gasteiger partial charge in [-0.15, -0.1) is 0 Å². The lowest BCUT2D eigenvalue weighted by Crippen LogP contribution is -2.30. The Kier molecular flexibility index (Phi) is 12.3. The third kappa shape index (κ3) is 9.17. The molecule has 352 valence electrons. The summed E-state index contributed by atoms with van der Waals surface area (Å²) in [6.07, 6.45) is 8.13. The molecule has 1 aliphatic rings. The molecule has 0 heterocycles. The summed E-state index contributed by atoms with van der Waals surface area (Å²) in [5, 5.41) is 4.81. The number of hydrogen-bond donors (Lipinski definition) is 0. The molecule has 0 aromatic heterocycles. The van der Waals surface area contributed by atoms with Gasteiger partial charge in [-0.3, -0.25) is 0 Å². The van der Waals surface area contributed by atoms with Crippen molar-refractivity contribution in [3.63, 3.8) is 0 Å². The highest BCUT2D eigenvalue weighted by Gasteiger charge is 2.27. The Labute approximate surface area is 426 Å². The van der Waals surface area contributed by atoms with Crippen LogP contribution in [0.3, 0.4) is 0 Å². The van der Waals surface area contributed by atoms with Gasteiger partial charge in [0, 0.05) is 28.4 Å². The average molecular weight is 931 g/mol. The molecule has 2 nitrogen and oxygen atoms in total. The van der Waals surface area contributed by atoms with Gasteiger partial charge in [0.05, 0.1) is 6.04 Å². The maximum absolute atomic E-state index is 2.54. The molecule has 1 aliphatic carbocycles. The van der Waals surface area contributed by atoms with Gasteiger partial charge in [0.2, 0.25) is 0 Å². The van der Waals surface area contributed by atoms with E-state index in [4.69, 9.17) is 0 Å². The second-order valence-electron chi connectivity index (χ2n) is 21.3. The van der Waals surface area contributed by atoms with Gasteiger partial charge in [-0.1, -0.05) is 217 Å². The molecule has 0 amide bonds. The number of allylic oxidation sites excluding steroid dienone is 2. The maximum Gasteiger partial charge on any atom is 0.0560 e. The molecule has 11 rings (SSSR count). The number of anilines is 5. The molecule has 0 spiro atoms. The van der Waals surface area contributed by atoms with Crippen LogP contribution in [0.15, 0.2) is 254 Å². The summed E-state index contributed by atoms with van der Waals surface area (Å²) in [6.45, 7) is 13.8. The van der Waals surface area contributed by atoms with Crippen molar-refractivity contribution in [2.75, 3.05) is 9.80 Å². The summed E-state index contributed by atoms with van der Waals surface area (Å²) in [5.74, 6) is 0. The van der Waals surface area contributed by atoms with E-state index < -0.39 is 0 Å². The molecular formula is C70H62N2. The monoisotopic (exact) mass is 930 g/mol. The second kappa shape index (κ2) is 19.2. The molecule has 72 heavy (non-hydrogen) atoms. The molecule has 10 aromatic rings. The molecular weight excluding hydrogens is 869 g/mol. The van der Waals surface area contributed by atoms with E-state index in [0.29, 0.717) is 0 Å². The van der Waals surface area contributed by atoms with Gasteiger partial charge in [0.15, 0.2) is 0 Å². The third-order valence-corrected chi connectivity index (χ3v) is 14.5. The van der Waals surface area contributed by atoms with E-state index in [1.807, 2.05) is 0 Å². The van der Waals surface area contributed by atoms with Crippen LogP contribution in [-0.4, -0.2) is 6.04 Å². The summed E-state index contributed by atoms with van der Waals surface area (Å²) < 4.78 is 0. The number of rotatable bonds is 10. The summed E-state index contributed by atoms with van der Waals surface area (Å²) in [7, 11) is 0. The van der Waals surface area contributed by atoms with Crippen LogP contribution in [-0.2, 0) is 5.41 Å². The van der Waals surface area contributed by atoms with Gasteiger partial charge in [0.25, 0.3) is 0 Å². The minimum absolute atomic E-state index is 0.0372. The van der Waals surface area contributed by atoms with E-state index in [2.05, 4.69) is 300 Å². The Hall–Kier alpha value is -8.20. The predicted octanol–water partition coefficient (Wildman–Crippen LogP) is 19.9. The number of benzene rings is 10. The normalized spacial score (nSPS) is 13.8. The Morgan fingerprint density at radius 2 is 0.778 bits per heavy atom. The average Bonchev–Trinajstić information content (AvgIpc) is 3.41. The molecule has 0 aliphatic heterocycles. The first-order valence-corrected chi connectivity index (χ1v) is 25.5. The van der Waals surface area contributed by atoms with E-state index in [1.165, 1.54) is 82.9 Å². The van der Waals surface area contributed by atoms with Crippen molar-refractivity contribution in [1.82, 2.24) is 0 Å². The first-order valence-electron chi connectivity index (χ1n) is 25.5. The molecule has 0 bridgehead atoms. The summed E-state index contributed by atoms with van der Waals surface area (Å²) >= 11 is 0. The fourth-order valence-electron chi connectivity index (χ4n) is 10.7. The Bertz CT molecular complexity index is 3590. The third-order valence-electron chi connectivity index (χ3n) is 14.5. The van der Waals surface area contributed by atoms with Gasteiger partial charge < -0.3 is 9.80 Å². The molecule has 10 aromatic carbocycles. The van der Waals surface area contributed by atoms with Gasteiger partial charge in [0.1, 0.15) is 0 Å². The molecule has 0 radical (unpaired) electrons. The van der Waals surface area contributed by atoms with Crippen LogP contribution in [0.2, 0.25) is 0 Å². The van der Waals surface area contributed by atoms with E-state index in [0.717, 1.165) is 29.2 Å². The number of nitrogens with zero attached hydrogens (tertiary/aromatic N) is 2. The molecule has 1 atom stereocenters. The first kappa shape index (κ1) is 46.2. The zero-order valence-electron chi connectivity index (χ0n) is 42.4. The maximum atomic E-state index is 2.54. The van der Waals surface area contributed by atoms with Crippen LogP contribution in [0.25, 0.3) is 66.1 Å². The topological polar surface area (TPSA) is 6.48 Å². The van der Waals surface area contributed by atoms with Gasteiger partial charge in [-0.25, -0.2) is 0 Å². The van der Waals surface area contributed by atoms with E-state index >= 15 is 0 Å². The fraction of sp³-hybridized carbons (Fsp3) is 0.143. The number of hydrogen-bond acceptors (Lipinski definition) is 2. The quantitative estimate of drug-likeness (QED) is 0.126. The summed E-state index contributed by atoms with van der Waals surface area (Å²) in [6, 6.07) is 85.3. The van der Waals surface area contributed by atoms with Crippen molar-refractivity contribution in [2.24, 2.45) is 5.41 Å². The second-order valence-corrected chi connectivity index (χ2v) is 21.3. The predicted molar refractivity (Wildman–Crippen MR) is 310 cm³/mol. The van der Waals surface area contributed by atoms with Gasteiger partial charge >= 0.3 is 0 Å².